The minimum absolute atomic E-state index is 0.209. The molecular formula is C9H15NO4. The van der Waals surface area contributed by atoms with Crippen LogP contribution in [0, 0.1) is 0 Å². The van der Waals surface area contributed by atoms with E-state index in [9.17, 15) is 14.7 Å². The Balaban J connectivity index is 2.72. The molecule has 0 bridgehead atoms. The summed E-state index contributed by atoms with van der Waals surface area (Å²) in [6.45, 7) is 1.60. The number of hydrogen-bond acceptors (Lipinski definition) is 4. The van der Waals surface area contributed by atoms with Crippen LogP contribution in [0.1, 0.15) is 19.8 Å². The fraction of sp³-hybridized carbons (Fsp3) is 0.778. The van der Waals surface area contributed by atoms with E-state index in [0.717, 1.165) is 0 Å². The largest absolute Gasteiger partial charge is 0.467 e. The molecule has 5 heteroatoms. The molecule has 1 amide bonds. The molecule has 0 spiro atoms. The number of carbonyl (C=O) groups is 2. The summed E-state index contributed by atoms with van der Waals surface area (Å²) in [6.07, 6.45) is 0.469. The summed E-state index contributed by atoms with van der Waals surface area (Å²) in [5.41, 5.74) is 0. The van der Waals surface area contributed by atoms with Crippen LogP contribution in [0.2, 0.25) is 0 Å². The highest BCUT2D eigenvalue weighted by Gasteiger charge is 2.34. The zero-order chi connectivity index (χ0) is 10.7. The minimum Gasteiger partial charge on any atom is -0.467 e. The Morgan fingerprint density at radius 3 is 2.57 bits per heavy atom. The van der Waals surface area contributed by atoms with Crippen molar-refractivity contribution in [2.45, 2.75) is 31.9 Å². The Labute approximate surface area is 82.6 Å². The molecule has 0 aromatic heterocycles. The van der Waals surface area contributed by atoms with Crippen molar-refractivity contribution in [3.8, 4) is 0 Å². The maximum Gasteiger partial charge on any atom is 0.328 e. The molecular weight excluding hydrogens is 186 g/mol. The van der Waals surface area contributed by atoms with Gasteiger partial charge in [0, 0.05) is 13.5 Å². The lowest BCUT2D eigenvalue weighted by molar-refractivity contribution is -0.156. The van der Waals surface area contributed by atoms with E-state index in [-0.39, 0.29) is 12.5 Å². The Bertz CT molecular complexity index is 241. The van der Waals surface area contributed by atoms with Crippen LogP contribution in [-0.2, 0) is 14.3 Å². The molecule has 1 saturated heterocycles. The molecule has 1 fully saturated rings. The number of rotatable bonds is 1. The first-order chi connectivity index (χ1) is 6.56. The quantitative estimate of drug-likeness (QED) is 0.582. The summed E-state index contributed by atoms with van der Waals surface area (Å²) < 4.78 is 4.59. The highest BCUT2D eigenvalue weighted by atomic mass is 16.5. The Hall–Kier alpha value is -1.10. The average Bonchev–Trinajstić information content (AvgIpc) is 2.16. The number of piperidine rings is 1. The molecule has 0 aromatic rings. The number of amides is 1. The van der Waals surface area contributed by atoms with Gasteiger partial charge in [0.2, 0.25) is 5.91 Å². The molecule has 80 valence electrons. The Morgan fingerprint density at radius 2 is 2.07 bits per heavy atom. The van der Waals surface area contributed by atoms with Crippen LogP contribution in [0.15, 0.2) is 0 Å². The number of aliphatic hydroxyl groups excluding tert-OH is 1. The van der Waals surface area contributed by atoms with Gasteiger partial charge >= 0.3 is 5.97 Å². The molecule has 0 aromatic carbocycles. The van der Waals surface area contributed by atoms with Gasteiger partial charge in [-0.15, -0.1) is 0 Å². The molecule has 2 atom stereocenters. The first-order valence-electron chi connectivity index (χ1n) is 4.59. The normalized spacial score (nSPS) is 27.2. The number of nitrogens with zero attached hydrogens (tertiary/aromatic N) is 1. The SMILES string of the molecule is COC(=O)[C@@H]1CC[C@H](O)CN1C(C)=O. The molecule has 0 saturated carbocycles. The minimum atomic E-state index is -0.528. The van der Waals surface area contributed by atoms with Crippen LogP contribution in [0.5, 0.6) is 0 Å². The third kappa shape index (κ3) is 2.23. The van der Waals surface area contributed by atoms with E-state index >= 15 is 0 Å². The van der Waals surface area contributed by atoms with Crippen LogP contribution in [-0.4, -0.2) is 47.7 Å². The first kappa shape index (κ1) is 11.0. The summed E-state index contributed by atoms with van der Waals surface area (Å²) in [5, 5.41) is 9.35. The van der Waals surface area contributed by atoms with Gasteiger partial charge in [0.25, 0.3) is 0 Å². The van der Waals surface area contributed by atoms with Gasteiger partial charge in [-0.3, -0.25) is 4.79 Å². The van der Waals surface area contributed by atoms with Crippen molar-refractivity contribution < 1.29 is 19.4 Å². The van der Waals surface area contributed by atoms with Crippen molar-refractivity contribution >= 4 is 11.9 Å². The molecule has 1 aliphatic rings. The van der Waals surface area contributed by atoms with Gasteiger partial charge in [0.1, 0.15) is 6.04 Å². The average molecular weight is 201 g/mol. The van der Waals surface area contributed by atoms with E-state index in [1.54, 1.807) is 0 Å². The van der Waals surface area contributed by atoms with Gasteiger partial charge in [-0.1, -0.05) is 0 Å². The van der Waals surface area contributed by atoms with E-state index in [1.165, 1.54) is 18.9 Å². The first-order valence-corrected chi connectivity index (χ1v) is 4.59. The van der Waals surface area contributed by atoms with E-state index < -0.39 is 18.1 Å². The van der Waals surface area contributed by atoms with Crippen molar-refractivity contribution in [1.29, 1.82) is 0 Å². The molecule has 1 heterocycles. The van der Waals surface area contributed by atoms with Crippen molar-refractivity contribution in [2.75, 3.05) is 13.7 Å². The predicted molar refractivity (Wildman–Crippen MR) is 48.4 cm³/mol. The second-order valence-corrected chi connectivity index (χ2v) is 3.44. The van der Waals surface area contributed by atoms with E-state index in [1.807, 2.05) is 0 Å². The third-order valence-electron chi connectivity index (χ3n) is 2.43. The highest BCUT2D eigenvalue weighted by Crippen LogP contribution is 2.18. The predicted octanol–water partition coefficient (Wildman–Crippen LogP) is -0.469. The van der Waals surface area contributed by atoms with Gasteiger partial charge in [-0.05, 0) is 12.8 Å². The number of β-amino-alcohol motifs (C(OH)–C–C–N with tert-alkyl or cyclic N) is 1. The molecule has 14 heavy (non-hydrogen) atoms. The van der Waals surface area contributed by atoms with Gasteiger partial charge in [-0.25, -0.2) is 4.79 Å². The molecule has 0 unspecified atom stereocenters. The molecule has 0 aliphatic carbocycles. The summed E-state index contributed by atoms with van der Waals surface area (Å²) >= 11 is 0. The third-order valence-corrected chi connectivity index (χ3v) is 2.43. The van der Waals surface area contributed by atoms with Crippen molar-refractivity contribution in [2.24, 2.45) is 0 Å². The number of esters is 1. The lowest BCUT2D eigenvalue weighted by Crippen LogP contribution is -2.51. The van der Waals surface area contributed by atoms with Gasteiger partial charge < -0.3 is 14.7 Å². The molecule has 0 radical (unpaired) electrons. The number of hydrogen-bond donors (Lipinski definition) is 1. The molecule has 1 N–H and O–H groups in total. The fourth-order valence-electron chi connectivity index (χ4n) is 1.68. The number of ether oxygens (including phenoxy) is 1. The summed E-state index contributed by atoms with van der Waals surface area (Å²) in [7, 11) is 1.30. The van der Waals surface area contributed by atoms with E-state index in [4.69, 9.17) is 0 Å². The number of carbonyl (C=O) groups excluding carboxylic acids is 2. The number of aliphatic hydroxyl groups is 1. The zero-order valence-electron chi connectivity index (χ0n) is 8.40. The van der Waals surface area contributed by atoms with E-state index in [2.05, 4.69) is 4.74 Å². The van der Waals surface area contributed by atoms with Gasteiger partial charge in [0.15, 0.2) is 0 Å². The van der Waals surface area contributed by atoms with Crippen molar-refractivity contribution in [1.82, 2.24) is 4.90 Å². The molecule has 1 aliphatic heterocycles. The zero-order valence-corrected chi connectivity index (χ0v) is 8.40. The molecule has 1 rings (SSSR count). The summed E-state index contributed by atoms with van der Waals surface area (Å²) in [6, 6.07) is -0.527. The fourth-order valence-corrected chi connectivity index (χ4v) is 1.68. The highest BCUT2D eigenvalue weighted by molar-refractivity contribution is 5.83. The smallest absolute Gasteiger partial charge is 0.328 e. The van der Waals surface area contributed by atoms with Crippen LogP contribution in [0.25, 0.3) is 0 Å². The maximum absolute atomic E-state index is 11.3. The maximum atomic E-state index is 11.3. The van der Waals surface area contributed by atoms with Crippen LogP contribution in [0.3, 0.4) is 0 Å². The second kappa shape index (κ2) is 4.41. The topological polar surface area (TPSA) is 66.8 Å². The van der Waals surface area contributed by atoms with Gasteiger partial charge in [0.05, 0.1) is 13.2 Å². The Morgan fingerprint density at radius 1 is 1.43 bits per heavy atom. The summed E-state index contributed by atoms with van der Waals surface area (Å²) in [4.78, 5) is 23.8. The molecule has 5 nitrogen and oxygen atoms in total. The number of methoxy groups -OCH3 is 1. The van der Waals surface area contributed by atoms with Crippen molar-refractivity contribution in [3.63, 3.8) is 0 Å². The van der Waals surface area contributed by atoms with Crippen molar-refractivity contribution in [3.05, 3.63) is 0 Å². The van der Waals surface area contributed by atoms with Crippen LogP contribution < -0.4 is 0 Å². The van der Waals surface area contributed by atoms with Gasteiger partial charge in [-0.2, -0.15) is 0 Å². The van der Waals surface area contributed by atoms with E-state index in [0.29, 0.717) is 12.8 Å². The van der Waals surface area contributed by atoms with Crippen LogP contribution in [0.4, 0.5) is 0 Å². The lowest BCUT2D eigenvalue weighted by Gasteiger charge is -2.35. The standard InChI is InChI=1S/C9H15NO4/c1-6(11)10-5-7(12)3-4-8(10)9(13)14-2/h7-8,12H,3-5H2,1-2H3/t7-,8-/m0/s1. The summed E-state index contributed by atoms with van der Waals surface area (Å²) in [5.74, 6) is -0.619. The second-order valence-electron chi connectivity index (χ2n) is 3.44. The number of likely N-dealkylation sites (tertiary alicyclic amines) is 1. The Kier molecular flexibility index (Phi) is 3.46. The van der Waals surface area contributed by atoms with Crippen LogP contribution >= 0.6 is 0 Å². The lowest BCUT2D eigenvalue weighted by atomic mass is 10.0. The monoisotopic (exact) mass is 201 g/mol.